The normalized spacial score (nSPS) is 9.76. The van der Waals surface area contributed by atoms with Crippen LogP contribution in [0.3, 0.4) is 0 Å². The molecule has 0 spiro atoms. The average Bonchev–Trinajstić information content (AvgIpc) is 3.12. The largest absolute Gasteiger partial charge is 0.448 e. The van der Waals surface area contributed by atoms with Crippen molar-refractivity contribution in [2.45, 2.75) is 20.8 Å². The van der Waals surface area contributed by atoms with E-state index in [1.807, 2.05) is 13.8 Å². The quantitative estimate of drug-likeness (QED) is 0.270. The summed E-state index contributed by atoms with van der Waals surface area (Å²) in [6, 6.07) is 6.36. The van der Waals surface area contributed by atoms with Crippen molar-refractivity contribution in [2.24, 2.45) is 5.73 Å². The Balaban J connectivity index is 0.000000989. The number of halogens is 1. The van der Waals surface area contributed by atoms with Crippen molar-refractivity contribution >= 4 is 40.9 Å². The van der Waals surface area contributed by atoms with Gasteiger partial charge >= 0.3 is 5.91 Å². The van der Waals surface area contributed by atoms with Crippen LogP contribution in [0.15, 0.2) is 41.1 Å². The van der Waals surface area contributed by atoms with E-state index in [9.17, 15) is 9.18 Å². The summed E-state index contributed by atoms with van der Waals surface area (Å²) >= 11 is 3.53. The number of anilines is 2. The number of nitrogens with two attached hydrogens (primary N) is 1. The highest BCUT2D eigenvalue weighted by Crippen LogP contribution is 2.33. The van der Waals surface area contributed by atoms with Crippen molar-refractivity contribution in [3.63, 3.8) is 0 Å². The second kappa shape index (κ2) is 12.8. The molecule has 0 aliphatic rings. The highest BCUT2D eigenvalue weighted by atomic mass is 32.1. The van der Waals surface area contributed by atoms with Crippen molar-refractivity contribution in [3.8, 4) is 0 Å². The van der Waals surface area contributed by atoms with Crippen LogP contribution in [-0.4, -0.2) is 30.3 Å². The number of carbonyl (C=O) groups is 1. The van der Waals surface area contributed by atoms with Gasteiger partial charge < -0.3 is 15.5 Å². The summed E-state index contributed by atoms with van der Waals surface area (Å²) in [5, 5.41) is 3.46. The molecule has 2 heterocycles. The van der Waals surface area contributed by atoms with Gasteiger partial charge in [-0.3, -0.25) is 14.6 Å². The SMILES string of the molecule is CC.CS.Cc1ccc(Nc2c(C(=O)NOCCN)oc3ccncc23)c(F)c1. The summed E-state index contributed by atoms with van der Waals surface area (Å²) in [4.78, 5) is 21.3. The summed E-state index contributed by atoms with van der Waals surface area (Å²) in [5.41, 5.74) is 9.31. The molecule has 1 amide bonds. The van der Waals surface area contributed by atoms with Gasteiger partial charge in [0.25, 0.3) is 0 Å². The van der Waals surface area contributed by atoms with Crippen LogP contribution in [0.5, 0.6) is 0 Å². The highest BCUT2D eigenvalue weighted by molar-refractivity contribution is 7.79. The number of hydroxylamine groups is 1. The molecule has 0 saturated heterocycles. The highest BCUT2D eigenvalue weighted by Gasteiger charge is 2.22. The minimum Gasteiger partial charge on any atom is -0.448 e. The predicted octanol–water partition coefficient (Wildman–Crippen LogP) is 4.21. The molecule has 3 rings (SSSR count). The molecular weight excluding hydrogens is 395 g/mol. The fourth-order valence-electron chi connectivity index (χ4n) is 2.30. The first-order valence-electron chi connectivity index (χ1n) is 9.06. The van der Waals surface area contributed by atoms with Crippen LogP contribution in [0.4, 0.5) is 15.8 Å². The van der Waals surface area contributed by atoms with Gasteiger partial charge in [0.15, 0.2) is 0 Å². The van der Waals surface area contributed by atoms with Crippen LogP contribution >= 0.6 is 12.6 Å². The number of nitrogens with zero attached hydrogens (tertiary/aromatic N) is 1. The van der Waals surface area contributed by atoms with Crippen molar-refractivity contribution in [2.75, 3.05) is 24.7 Å². The van der Waals surface area contributed by atoms with Gasteiger partial charge in [0, 0.05) is 18.9 Å². The zero-order valence-electron chi connectivity index (χ0n) is 17.0. The molecular formula is C20H27FN4O3S. The van der Waals surface area contributed by atoms with Crippen LogP contribution in [0.25, 0.3) is 11.0 Å². The summed E-state index contributed by atoms with van der Waals surface area (Å²) in [6.45, 7) is 6.20. The van der Waals surface area contributed by atoms with Gasteiger partial charge in [0.05, 0.1) is 17.7 Å². The number of carbonyl (C=O) groups excluding carboxylic acids is 1. The Morgan fingerprint density at radius 3 is 2.69 bits per heavy atom. The molecule has 7 nitrogen and oxygen atoms in total. The average molecular weight is 423 g/mol. The molecule has 158 valence electrons. The zero-order valence-corrected chi connectivity index (χ0v) is 17.8. The van der Waals surface area contributed by atoms with Crippen LogP contribution in [0, 0.1) is 12.7 Å². The molecule has 0 fully saturated rings. The number of hydrogen-bond acceptors (Lipinski definition) is 7. The number of pyridine rings is 1. The van der Waals surface area contributed by atoms with Gasteiger partial charge in [-0.25, -0.2) is 9.87 Å². The van der Waals surface area contributed by atoms with Gasteiger partial charge in [0.2, 0.25) is 5.76 Å². The molecule has 0 bridgehead atoms. The number of thiol groups is 1. The number of amides is 1. The first kappa shape index (κ1) is 24.4. The second-order valence-corrected chi connectivity index (χ2v) is 5.35. The Morgan fingerprint density at radius 2 is 2.03 bits per heavy atom. The topological polar surface area (TPSA) is 102 Å². The lowest BCUT2D eigenvalue weighted by Crippen LogP contribution is -2.26. The van der Waals surface area contributed by atoms with E-state index in [0.717, 1.165) is 5.56 Å². The third-order valence-corrected chi connectivity index (χ3v) is 3.46. The Labute approximate surface area is 175 Å². The number of nitrogens with one attached hydrogen (secondary N) is 2. The van der Waals surface area contributed by atoms with Gasteiger partial charge in [-0.1, -0.05) is 19.9 Å². The molecule has 0 aliphatic carbocycles. The molecule has 4 N–H and O–H groups in total. The third kappa shape index (κ3) is 6.45. The number of aromatic nitrogens is 1. The lowest BCUT2D eigenvalue weighted by molar-refractivity contribution is 0.0323. The van der Waals surface area contributed by atoms with Crippen molar-refractivity contribution < 1.29 is 18.4 Å². The molecule has 0 radical (unpaired) electrons. The third-order valence-electron chi connectivity index (χ3n) is 3.46. The molecule has 0 aliphatic heterocycles. The van der Waals surface area contributed by atoms with E-state index in [2.05, 4.69) is 28.4 Å². The van der Waals surface area contributed by atoms with E-state index in [-0.39, 0.29) is 24.6 Å². The summed E-state index contributed by atoms with van der Waals surface area (Å²) < 4.78 is 19.8. The molecule has 0 saturated carbocycles. The number of benzene rings is 1. The van der Waals surface area contributed by atoms with E-state index in [1.54, 1.807) is 31.4 Å². The maximum atomic E-state index is 14.2. The maximum Gasteiger partial charge on any atom is 0.312 e. The summed E-state index contributed by atoms with van der Waals surface area (Å²) in [7, 11) is 0. The Morgan fingerprint density at radius 1 is 1.31 bits per heavy atom. The Kier molecular flexibility index (Phi) is 10.7. The smallest absolute Gasteiger partial charge is 0.312 e. The molecule has 9 heteroatoms. The van der Waals surface area contributed by atoms with Crippen LogP contribution < -0.4 is 16.5 Å². The lowest BCUT2D eigenvalue weighted by atomic mass is 10.2. The molecule has 3 aromatic rings. The van der Waals surface area contributed by atoms with E-state index in [1.165, 1.54) is 18.5 Å². The first-order chi connectivity index (χ1) is 14.1. The molecule has 0 unspecified atom stereocenters. The van der Waals surface area contributed by atoms with E-state index in [4.69, 9.17) is 15.0 Å². The number of hydrogen-bond donors (Lipinski definition) is 4. The monoisotopic (exact) mass is 422 g/mol. The Hall–Kier alpha value is -2.62. The predicted molar refractivity (Wildman–Crippen MR) is 117 cm³/mol. The molecule has 1 aromatic carbocycles. The fourth-order valence-corrected chi connectivity index (χ4v) is 2.30. The van der Waals surface area contributed by atoms with Gasteiger partial charge in [-0.2, -0.15) is 12.6 Å². The summed E-state index contributed by atoms with van der Waals surface area (Å²) in [6.07, 6.45) is 4.76. The first-order valence-corrected chi connectivity index (χ1v) is 9.96. The minimum absolute atomic E-state index is 0.0417. The van der Waals surface area contributed by atoms with Gasteiger partial charge in [-0.05, 0) is 36.9 Å². The fraction of sp³-hybridized carbons (Fsp3) is 0.300. The zero-order chi connectivity index (χ0) is 21.8. The maximum absolute atomic E-state index is 14.2. The van der Waals surface area contributed by atoms with E-state index in [0.29, 0.717) is 16.7 Å². The van der Waals surface area contributed by atoms with Crippen LogP contribution in [0.1, 0.15) is 30.0 Å². The van der Waals surface area contributed by atoms with E-state index < -0.39 is 11.7 Å². The molecule has 0 atom stereocenters. The number of fused-ring (bicyclic) bond motifs is 1. The van der Waals surface area contributed by atoms with Crippen LogP contribution in [0.2, 0.25) is 0 Å². The number of furan rings is 1. The van der Waals surface area contributed by atoms with Gasteiger partial charge in [-0.15, -0.1) is 0 Å². The Bertz CT molecular complexity index is 918. The number of aryl methyl sites for hydroxylation is 1. The van der Waals surface area contributed by atoms with Crippen LogP contribution in [-0.2, 0) is 4.84 Å². The standard InChI is InChI=1S/C17H17FN4O3.C2H6.CH4S/c1-10-2-3-13(12(18)8-10)21-15-11-9-20-6-4-14(11)25-16(15)17(23)22-24-7-5-19;2*1-2/h2-4,6,8-9,21H,5,7,19H2,1H3,(H,22,23);1-2H3;2H,1H3. The van der Waals surface area contributed by atoms with Crippen molar-refractivity contribution in [3.05, 3.63) is 53.8 Å². The van der Waals surface area contributed by atoms with Crippen molar-refractivity contribution in [1.82, 2.24) is 10.5 Å². The van der Waals surface area contributed by atoms with Crippen molar-refractivity contribution in [1.29, 1.82) is 0 Å². The summed E-state index contributed by atoms with van der Waals surface area (Å²) in [5.74, 6) is -1.09. The van der Waals surface area contributed by atoms with E-state index >= 15 is 0 Å². The minimum atomic E-state index is -0.611. The van der Waals surface area contributed by atoms with Gasteiger partial charge in [0.1, 0.15) is 17.1 Å². The lowest BCUT2D eigenvalue weighted by Gasteiger charge is -2.09. The molecule has 29 heavy (non-hydrogen) atoms. The number of rotatable bonds is 6. The second-order valence-electron chi connectivity index (χ2n) is 5.35. The molecule has 2 aromatic heterocycles.